The Kier molecular flexibility index (Phi) is 6.40. The lowest BCUT2D eigenvalue weighted by atomic mass is 10.1. The van der Waals surface area contributed by atoms with Crippen molar-refractivity contribution < 1.29 is 27.8 Å². The van der Waals surface area contributed by atoms with E-state index in [1.54, 1.807) is 7.11 Å². The van der Waals surface area contributed by atoms with Gasteiger partial charge < -0.3 is 20.1 Å². The van der Waals surface area contributed by atoms with Gasteiger partial charge >= 0.3 is 12.1 Å². The molecule has 0 radical (unpaired) electrons. The van der Waals surface area contributed by atoms with Crippen molar-refractivity contribution >= 4 is 17.4 Å². The zero-order valence-electron chi connectivity index (χ0n) is 16.1. The van der Waals surface area contributed by atoms with Gasteiger partial charge in [0.1, 0.15) is 5.75 Å². The van der Waals surface area contributed by atoms with Crippen LogP contribution < -0.4 is 15.0 Å². The fraction of sp³-hybridized carbons (Fsp3) is 0.316. The van der Waals surface area contributed by atoms with Gasteiger partial charge in [0.2, 0.25) is 0 Å². The highest BCUT2D eigenvalue weighted by atomic mass is 19.4. The first-order valence-corrected chi connectivity index (χ1v) is 9.03. The summed E-state index contributed by atoms with van der Waals surface area (Å²) in [6.07, 6.45) is 0.636. The van der Waals surface area contributed by atoms with E-state index >= 15 is 0 Å². The van der Waals surface area contributed by atoms with Crippen LogP contribution in [0.5, 0.6) is 5.75 Å². The molecule has 0 amide bonds. The first-order valence-electron chi connectivity index (χ1n) is 9.03. The van der Waals surface area contributed by atoms with Crippen molar-refractivity contribution in [3.63, 3.8) is 0 Å². The number of nitrogens with one attached hydrogen (secondary N) is 1. The second kappa shape index (κ2) is 8.99. The van der Waals surface area contributed by atoms with E-state index in [4.69, 9.17) is 14.6 Å². The molecule has 0 saturated carbocycles. The number of carboxylic acid groups (broad SMARTS) is 1. The molecule has 8 nitrogen and oxygen atoms in total. The maximum Gasteiger partial charge on any atom is 0.490 e. The molecule has 30 heavy (non-hydrogen) atoms. The van der Waals surface area contributed by atoms with Crippen LogP contribution in [0.3, 0.4) is 0 Å². The molecule has 1 aliphatic heterocycles. The number of carbonyl (C=O) groups is 1. The van der Waals surface area contributed by atoms with Crippen molar-refractivity contribution in [2.75, 3.05) is 38.2 Å². The topological polar surface area (TPSA) is 92.0 Å². The molecule has 11 heteroatoms. The number of benzene rings is 1. The van der Waals surface area contributed by atoms with Crippen LogP contribution in [-0.2, 0) is 4.79 Å². The highest BCUT2D eigenvalue weighted by Crippen LogP contribution is 2.26. The molecule has 0 aliphatic carbocycles. The monoisotopic (exact) mass is 423 g/mol. The summed E-state index contributed by atoms with van der Waals surface area (Å²) >= 11 is 0. The molecule has 4 rings (SSSR count). The van der Waals surface area contributed by atoms with Crippen LogP contribution in [0.1, 0.15) is 0 Å². The number of halogens is 3. The van der Waals surface area contributed by atoms with Crippen LogP contribution in [0.25, 0.3) is 16.9 Å². The Hall–Kier alpha value is -3.34. The fourth-order valence-corrected chi connectivity index (χ4v) is 2.98. The Morgan fingerprint density at radius 2 is 1.80 bits per heavy atom. The minimum Gasteiger partial charge on any atom is -0.497 e. The molecule has 0 spiro atoms. The molecular formula is C19H20F3N5O3. The Morgan fingerprint density at radius 3 is 2.37 bits per heavy atom. The Balaban J connectivity index is 0.000000318. The minimum atomic E-state index is -5.08. The highest BCUT2D eigenvalue weighted by Gasteiger charge is 2.38. The number of methoxy groups -OCH3 is 1. The van der Waals surface area contributed by atoms with E-state index in [-0.39, 0.29) is 0 Å². The lowest BCUT2D eigenvalue weighted by Gasteiger charge is -2.28. The number of aliphatic carboxylic acids is 1. The van der Waals surface area contributed by atoms with Crippen LogP contribution in [0, 0.1) is 0 Å². The van der Waals surface area contributed by atoms with Gasteiger partial charge in [0.25, 0.3) is 0 Å². The van der Waals surface area contributed by atoms with Crippen molar-refractivity contribution in [2.24, 2.45) is 0 Å². The first-order chi connectivity index (χ1) is 14.3. The number of ether oxygens (including phenoxy) is 1. The van der Waals surface area contributed by atoms with E-state index in [0.29, 0.717) is 0 Å². The number of alkyl halides is 3. The summed E-state index contributed by atoms with van der Waals surface area (Å²) in [4.78, 5) is 20.4. The van der Waals surface area contributed by atoms with E-state index in [1.165, 1.54) is 0 Å². The van der Waals surface area contributed by atoms with Gasteiger partial charge in [-0.2, -0.15) is 13.2 Å². The molecule has 0 atom stereocenters. The number of fused-ring (bicyclic) bond motifs is 1. The standard InChI is InChI=1S/C17H19N5O.C2HF3O2/c1-23-14-4-2-13(3-5-14)15-12-20-17-16(19-8-11-22(15)17)21-9-6-18-7-10-21;3-2(4,5)1(6)7/h2-5,8,11-12,18H,6-7,9-10H2,1H3;(H,6,7). The van der Waals surface area contributed by atoms with Gasteiger partial charge in [-0.25, -0.2) is 14.8 Å². The van der Waals surface area contributed by atoms with Crippen molar-refractivity contribution in [1.82, 2.24) is 19.7 Å². The zero-order valence-corrected chi connectivity index (χ0v) is 16.1. The average molecular weight is 423 g/mol. The van der Waals surface area contributed by atoms with E-state index in [1.807, 2.05) is 42.9 Å². The zero-order chi connectivity index (χ0) is 21.7. The quantitative estimate of drug-likeness (QED) is 0.669. The van der Waals surface area contributed by atoms with Crippen LogP contribution in [0.15, 0.2) is 42.9 Å². The number of imidazole rings is 1. The van der Waals surface area contributed by atoms with Crippen molar-refractivity contribution in [2.45, 2.75) is 6.18 Å². The third-order valence-electron chi connectivity index (χ3n) is 4.45. The van der Waals surface area contributed by atoms with Gasteiger partial charge in [0, 0.05) is 44.1 Å². The molecule has 3 heterocycles. The number of aromatic nitrogens is 3. The van der Waals surface area contributed by atoms with Gasteiger partial charge in [-0.3, -0.25) is 4.40 Å². The fourth-order valence-electron chi connectivity index (χ4n) is 2.98. The molecule has 1 aliphatic rings. The van der Waals surface area contributed by atoms with Crippen molar-refractivity contribution in [3.8, 4) is 17.0 Å². The minimum absolute atomic E-state index is 0.853. The van der Waals surface area contributed by atoms with Crippen LogP contribution in [0.4, 0.5) is 19.0 Å². The van der Waals surface area contributed by atoms with Gasteiger partial charge in [0.05, 0.1) is 19.0 Å². The normalized spacial score (nSPS) is 14.2. The smallest absolute Gasteiger partial charge is 0.490 e. The largest absolute Gasteiger partial charge is 0.497 e. The number of hydrogen-bond acceptors (Lipinski definition) is 6. The number of nitrogens with zero attached hydrogens (tertiary/aromatic N) is 4. The summed E-state index contributed by atoms with van der Waals surface area (Å²) in [6, 6.07) is 8.03. The molecule has 2 aromatic heterocycles. The predicted octanol–water partition coefficient (Wildman–Crippen LogP) is 2.45. The number of rotatable bonds is 3. The molecule has 0 unspecified atom stereocenters. The number of carboxylic acids is 1. The van der Waals surface area contributed by atoms with E-state index in [9.17, 15) is 13.2 Å². The van der Waals surface area contributed by atoms with E-state index in [2.05, 4.69) is 24.6 Å². The van der Waals surface area contributed by atoms with Gasteiger partial charge in [-0.1, -0.05) is 0 Å². The number of anilines is 1. The molecule has 1 fully saturated rings. The van der Waals surface area contributed by atoms with Crippen molar-refractivity contribution in [3.05, 3.63) is 42.9 Å². The molecule has 160 valence electrons. The Labute approximate surface area is 169 Å². The lowest BCUT2D eigenvalue weighted by Crippen LogP contribution is -2.44. The number of hydrogen-bond donors (Lipinski definition) is 2. The summed E-state index contributed by atoms with van der Waals surface area (Å²) in [7, 11) is 1.68. The Morgan fingerprint density at radius 1 is 1.17 bits per heavy atom. The molecular weight excluding hydrogens is 403 g/mol. The lowest BCUT2D eigenvalue weighted by molar-refractivity contribution is -0.192. The average Bonchev–Trinajstić information content (AvgIpc) is 3.18. The Bertz CT molecular complexity index is 999. The van der Waals surface area contributed by atoms with Gasteiger partial charge in [0.15, 0.2) is 11.5 Å². The van der Waals surface area contributed by atoms with E-state index < -0.39 is 12.1 Å². The van der Waals surface area contributed by atoms with Crippen LogP contribution in [-0.4, -0.2) is 64.9 Å². The third kappa shape index (κ3) is 4.79. The summed E-state index contributed by atoms with van der Waals surface area (Å²) in [6.45, 7) is 3.87. The summed E-state index contributed by atoms with van der Waals surface area (Å²) < 4.78 is 39.1. The molecule has 2 N–H and O–H groups in total. The van der Waals surface area contributed by atoms with Gasteiger partial charge in [-0.15, -0.1) is 0 Å². The molecule has 3 aromatic rings. The number of piperazine rings is 1. The van der Waals surface area contributed by atoms with Crippen LogP contribution in [0.2, 0.25) is 0 Å². The van der Waals surface area contributed by atoms with Gasteiger partial charge in [-0.05, 0) is 24.3 Å². The maximum absolute atomic E-state index is 10.6. The summed E-state index contributed by atoms with van der Waals surface area (Å²) in [5.41, 5.74) is 3.07. The third-order valence-corrected chi connectivity index (χ3v) is 4.45. The van der Waals surface area contributed by atoms with Crippen LogP contribution >= 0.6 is 0 Å². The van der Waals surface area contributed by atoms with E-state index in [0.717, 1.165) is 54.7 Å². The predicted molar refractivity (Wildman–Crippen MR) is 104 cm³/mol. The molecule has 1 aromatic carbocycles. The van der Waals surface area contributed by atoms with Crippen molar-refractivity contribution in [1.29, 1.82) is 0 Å². The molecule has 0 bridgehead atoms. The first kappa shape index (κ1) is 21.4. The molecule has 1 saturated heterocycles. The highest BCUT2D eigenvalue weighted by molar-refractivity contribution is 5.73. The summed E-state index contributed by atoms with van der Waals surface area (Å²) in [5, 5.41) is 10.5. The second-order valence-corrected chi connectivity index (χ2v) is 6.36. The maximum atomic E-state index is 10.6. The SMILES string of the molecule is COc1ccc(-c2cnc3c(N4CCNCC4)nccn23)cc1.O=C(O)C(F)(F)F. The second-order valence-electron chi connectivity index (χ2n) is 6.36. The summed E-state index contributed by atoms with van der Waals surface area (Å²) in [5.74, 6) is -0.952.